The van der Waals surface area contributed by atoms with Crippen LogP contribution in [-0.4, -0.2) is 42.8 Å². The minimum atomic E-state index is 0.00999. The third kappa shape index (κ3) is 5.17. The molecule has 0 aromatic heterocycles. The largest absolute Gasteiger partial charge is 0.355 e. The molecule has 1 N–H and O–H groups in total. The summed E-state index contributed by atoms with van der Waals surface area (Å²) in [6.07, 6.45) is 5.70. The fourth-order valence-electron chi connectivity index (χ4n) is 2.51. The quantitative estimate of drug-likeness (QED) is 0.750. The number of nitrogens with zero attached hydrogens (tertiary/aromatic N) is 1. The van der Waals surface area contributed by atoms with Crippen LogP contribution in [0.1, 0.15) is 46.0 Å². The van der Waals surface area contributed by atoms with E-state index in [-0.39, 0.29) is 11.8 Å². The second-order valence-corrected chi connectivity index (χ2v) is 5.06. The highest BCUT2D eigenvalue weighted by molar-refractivity contribution is 5.84. The van der Waals surface area contributed by atoms with Gasteiger partial charge in [-0.2, -0.15) is 0 Å². The molecule has 1 fully saturated rings. The molecule has 0 aliphatic heterocycles. The summed E-state index contributed by atoms with van der Waals surface area (Å²) in [5.41, 5.74) is 0. The van der Waals surface area contributed by atoms with E-state index in [4.69, 9.17) is 0 Å². The van der Waals surface area contributed by atoms with Crippen molar-refractivity contribution in [3.8, 4) is 0 Å². The van der Waals surface area contributed by atoms with Gasteiger partial charge in [0.1, 0.15) is 5.78 Å². The van der Waals surface area contributed by atoms with Gasteiger partial charge >= 0.3 is 0 Å². The molecular weight excluding hydrogens is 228 g/mol. The van der Waals surface area contributed by atoms with E-state index in [9.17, 15) is 9.59 Å². The molecule has 1 aliphatic carbocycles. The van der Waals surface area contributed by atoms with Gasteiger partial charge in [-0.3, -0.25) is 14.5 Å². The highest BCUT2D eigenvalue weighted by Gasteiger charge is 2.23. The maximum absolute atomic E-state index is 12.1. The first-order valence-corrected chi connectivity index (χ1v) is 7.19. The Morgan fingerprint density at radius 2 is 1.78 bits per heavy atom. The standard InChI is InChI=1S/C14H26N2O2/c1-3-15-14(18)11-16(4-2)10-13(17)12-8-6-5-7-9-12/h12H,3-11H2,1-2H3,(H,15,18). The average Bonchev–Trinajstić information content (AvgIpc) is 2.39. The minimum Gasteiger partial charge on any atom is -0.355 e. The first-order chi connectivity index (χ1) is 8.67. The van der Waals surface area contributed by atoms with Crippen molar-refractivity contribution in [1.82, 2.24) is 10.2 Å². The van der Waals surface area contributed by atoms with Crippen molar-refractivity contribution in [2.75, 3.05) is 26.2 Å². The van der Waals surface area contributed by atoms with Crippen LogP contribution >= 0.6 is 0 Å². The summed E-state index contributed by atoms with van der Waals surface area (Å²) in [7, 11) is 0. The molecule has 4 heteroatoms. The first kappa shape index (κ1) is 15.2. The third-order valence-corrected chi connectivity index (χ3v) is 3.63. The monoisotopic (exact) mass is 254 g/mol. The molecule has 0 aromatic carbocycles. The van der Waals surface area contributed by atoms with Crippen molar-refractivity contribution in [2.24, 2.45) is 5.92 Å². The van der Waals surface area contributed by atoms with Crippen molar-refractivity contribution in [1.29, 1.82) is 0 Å². The van der Waals surface area contributed by atoms with Crippen LogP contribution < -0.4 is 5.32 Å². The van der Waals surface area contributed by atoms with Crippen molar-refractivity contribution in [3.05, 3.63) is 0 Å². The van der Waals surface area contributed by atoms with E-state index in [0.29, 0.717) is 25.4 Å². The summed E-state index contributed by atoms with van der Waals surface area (Å²) in [4.78, 5) is 25.6. The Kier molecular flexibility index (Phi) is 6.94. The summed E-state index contributed by atoms with van der Waals surface area (Å²) in [5.74, 6) is 0.568. The summed E-state index contributed by atoms with van der Waals surface area (Å²) in [6, 6.07) is 0. The van der Waals surface area contributed by atoms with E-state index in [1.54, 1.807) is 0 Å². The number of nitrogens with one attached hydrogen (secondary N) is 1. The summed E-state index contributed by atoms with van der Waals surface area (Å²) < 4.78 is 0. The van der Waals surface area contributed by atoms with Crippen molar-refractivity contribution in [2.45, 2.75) is 46.0 Å². The zero-order valence-corrected chi connectivity index (χ0v) is 11.7. The lowest BCUT2D eigenvalue weighted by Gasteiger charge is -2.24. The van der Waals surface area contributed by atoms with Gasteiger partial charge in [-0.15, -0.1) is 0 Å². The number of hydrogen-bond acceptors (Lipinski definition) is 3. The van der Waals surface area contributed by atoms with E-state index < -0.39 is 0 Å². The number of ketones is 1. The molecule has 1 saturated carbocycles. The van der Waals surface area contributed by atoms with E-state index in [0.717, 1.165) is 19.4 Å². The van der Waals surface area contributed by atoms with Crippen LogP contribution in [0.25, 0.3) is 0 Å². The molecule has 1 aliphatic rings. The fourth-order valence-corrected chi connectivity index (χ4v) is 2.51. The van der Waals surface area contributed by atoms with Gasteiger partial charge in [0.25, 0.3) is 0 Å². The average molecular weight is 254 g/mol. The van der Waals surface area contributed by atoms with Gasteiger partial charge in [-0.05, 0) is 26.3 Å². The van der Waals surface area contributed by atoms with Gasteiger partial charge in [0, 0.05) is 12.5 Å². The van der Waals surface area contributed by atoms with Crippen molar-refractivity contribution >= 4 is 11.7 Å². The normalized spacial score (nSPS) is 16.8. The molecule has 4 nitrogen and oxygen atoms in total. The molecule has 0 heterocycles. The van der Waals surface area contributed by atoms with Crippen LogP contribution in [-0.2, 0) is 9.59 Å². The van der Waals surface area contributed by atoms with E-state index in [2.05, 4.69) is 5.32 Å². The molecule has 1 amide bonds. The lowest BCUT2D eigenvalue weighted by atomic mass is 9.86. The van der Waals surface area contributed by atoms with Crippen molar-refractivity contribution < 1.29 is 9.59 Å². The maximum atomic E-state index is 12.1. The van der Waals surface area contributed by atoms with Crippen LogP contribution in [0.2, 0.25) is 0 Å². The Morgan fingerprint density at radius 1 is 1.11 bits per heavy atom. The van der Waals surface area contributed by atoms with Gasteiger partial charge in [0.05, 0.1) is 13.1 Å². The Bertz CT molecular complexity index is 273. The maximum Gasteiger partial charge on any atom is 0.234 e. The predicted octanol–water partition coefficient (Wildman–Crippen LogP) is 1.59. The zero-order valence-electron chi connectivity index (χ0n) is 11.7. The number of hydrogen-bond donors (Lipinski definition) is 1. The molecule has 0 radical (unpaired) electrons. The van der Waals surface area contributed by atoms with Gasteiger partial charge in [-0.1, -0.05) is 26.2 Å². The van der Waals surface area contributed by atoms with Crippen molar-refractivity contribution in [3.63, 3.8) is 0 Å². The molecule has 0 unspecified atom stereocenters. The summed E-state index contributed by atoms with van der Waals surface area (Å²) in [5, 5.41) is 2.77. The van der Waals surface area contributed by atoms with Crippen LogP contribution in [0.4, 0.5) is 0 Å². The molecule has 0 bridgehead atoms. The van der Waals surface area contributed by atoms with Gasteiger partial charge in [-0.25, -0.2) is 0 Å². The van der Waals surface area contributed by atoms with Crippen LogP contribution in [0.15, 0.2) is 0 Å². The van der Waals surface area contributed by atoms with E-state index in [1.807, 2.05) is 18.7 Å². The van der Waals surface area contributed by atoms with Crippen LogP contribution in [0.3, 0.4) is 0 Å². The lowest BCUT2D eigenvalue weighted by molar-refractivity contribution is -0.126. The van der Waals surface area contributed by atoms with Crippen LogP contribution in [0.5, 0.6) is 0 Å². The second-order valence-electron chi connectivity index (χ2n) is 5.06. The van der Waals surface area contributed by atoms with Gasteiger partial charge in [0.15, 0.2) is 0 Å². The van der Waals surface area contributed by atoms with Gasteiger partial charge < -0.3 is 5.32 Å². The summed E-state index contributed by atoms with van der Waals surface area (Å²) >= 11 is 0. The second kappa shape index (κ2) is 8.25. The Labute approximate surface area is 110 Å². The number of carbonyl (C=O) groups excluding carboxylic acids is 2. The number of Topliss-reactive ketones (excluding diaryl/α,β-unsaturated/α-hetero) is 1. The molecule has 0 saturated heterocycles. The Hall–Kier alpha value is -0.900. The molecule has 0 atom stereocenters. The van der Waals surface area contributed by atoms with E-state index in [1.165, 1.54) is 19.3 Å². The highest BCUT2D eigenvalue weighted by Crippen LogP contribution is 2.24. The SMILES string of the molecule is CCNC(=O)CN(CC)CC(=O)C1CCCCC1. The summed E-state index contributed by atoms with van der Waals surface area (Å²) in [6.45, 7) is 6.05. The first-order valence-electron chi connectivity index (χ1n) is 7.19. The van der Waals surface area contributed by atoms with Crippen LogP contribution in [0, 0.1) is 5.92 Å². The molecular formula is C14H26N2O2. The molecule has 18 heavy (non-hydrogen) atoms. The molecule has 104 valence electrons. The smallest absolute Gasteiger partial charge is 0.234 e. The molecule has 0 aromatic rings. The lowest BCUT2D eigenvalue weighted by Crippen LogP contribution is -2.41. The minimum absolute atomic E-state index is 0.00999. The fraction of sp³-hybridized carbons (Fsp3) is 0.857. The number of carbonyl (C=O) groups is 2. The zero-order chi connectivity index (χ0) is 13.4. The van der Waals surface area contributed by atoms with E-state index >= 15 is 0 Å². The highest BCUT2D eigenvalue weighted by atomic mass is 16.2. The topological polar surface area (TPSA) is 49.4 Å². The Balaban J connectivity index is 2.36. The molecule has 0 spiro atoms. The Morgan fingerprint density at radius 3 is 2.33 bits per heavy atom. The number of rotatable bonds is 7. The number of likely N-dealkylation sites (N-methyl/N-ethyl adjacent to an activating group) is 2. The number of amides is 1. The van der Waals surface area contributed by atoms with Gasteiger partial charge in [0.2, 0.25) is 5.91 Å². The molecule has 1 rings (SSSR count). The predicted molar refractivity (Wildman–Crippen MR) is 72.4 cm³/mol. The third-order valence-electron chi connectivity index (χ3n) is 3.63.